The van der Waals surface area contributed by atoms with Crippen molar-refractivity contribution in [1.29, 1.82) is 0 Å². The summed E-state index contributed by atoms with van der Waals surface area (Å²) in [6.07, 6.45) is 0. The highest BCUT2D eigenvalue weighted by molar-refractivity contribution is 5.73. The van der Waals surface area contributed by atoms with Gasteiger partial charge in [0.25, 0.3) is 0 Å². The van der Waals surface area contributed by atoms with Crippen LogP contribution in [0.25, 0.3) is 11.0 Å². The standard InChI is InChI=1S/C13H11N4/c1-2-6-11(7-3-1)14-10-17-13-9-5-4-8-12(13)15-16-17/h1-6,8-9,14H,10H2. The van der Waals surface area contributed by atoms with Crippen LogP contribution in [-0.2, 0) is 6.67 Å². The average Bonchev–Trinajstić information content (AvgIpc) is 2.81. The molecule has 0 bridgehead atoms. The van der Waals surface area contributed by atoms with Gasteiger partial charge in [0, 0.05) is 11.8 Å². The molecule has 3 aromatic rings. The molecule has 0 amide bonds. The third kappa shape index (κ3) is 1.97. The van der Waals surface area contributed by atoms with Gasteiger partial charge in [0.2, 0.25) is 0 Å². The summed E-state index contributed by atoms with van der Waals surface area (Å²) in [5, 5.41) is 11.4. The van der Waals surface area contributed by atoms with Gasteiger partial charge in [-0.1, -0.05) is 35.5 Å². The van der Waals surface area contributed by atoms with Crippen molar-refractivity contribution in [3.63, 3.8) is 0 Å². The van der Waals surface area contributed by atoms with Gasteiger partial charge in [-0.2, -0.15) is 0 Å². The molecule has 17 heavy (non-hydrogen) atoms. The molecule has 1 heterocycles. The van der Waals surface area contributed by atoms with Crippen LogP contribution in [0, 0.1) is 6.07 Å². The number of para-hydroxylation sites is 2. The van der Waals surface area contributed by atoms with E-state index in [1.165, 1.54) is 0 Å². The van der Waals surface area contributed by atoms with E-state index in [0.717, 1.165) is 16.7 Å². The third-order valence-electron chi connectivity index (χ3n) is 2.55. The van der Waals surface area contributed by atoms with Crippen molar-refractivity contribution in [2.45, 2.75) is 6.67 Å². The minimum absolute atomic E-state index is 0.584. The van der Waals surface area contributed by atoms with E-state index in [-0.39, 0.29) is 0 Å². The number of hydrogen-bond donors (Lipinski definition) is 1. The number of anilines is 1. The zero-order valence-electron chi connectivity index (χ0n) is 9.17. The first-order chi connectivity index (χ1) is 8.43. The number of rotatable bonds is 3. The molecule has 0 saturated heterocycles. The van der Waals surface area contributed by atoms with Gasteiger partial charge in [0.1, 0.15) is 12.2 Å². The van der Waals surface area contributed by atoms with E-state index in [2.05, 4.69) is 21.7 Å². The SMILES string of the molecule is [c]1ccccc1NCn1nnc2ccccc21. The molecule has 4 heteroatoms. The van der Waals surface area contributed by atoms with Crippen LogP contribution in [-0.4, -0.2) is 15.0 Å². The van der Waals surface area contributed by atoms with Crippen LogP contribution in [0.2, 0.25) is 0 Å². The Hall–Kier alpha value is -2.36. The quantitative estimate of drug-likeness (QED) is 0.740. The van der Waals surface area contributed by atoms with E-state index in [1.807, 2.05) is 53.2 Å². The maximum Gasteiger partial charge on any atom is 0.113 e. The Morgan fingerprint density at radius 3 is 2.88 bits per heavy atom. The molecule has 1 N–H and O–H groups in total. The van der Waals surface area contributed by atoms with E-state index in [4.69, 9.17) is 0 Å². The summed E-state index contributed by atoms with van der Waals surface area (Å²) in [5.74, 6) is 0. The molecule has 3 rings (SSSR count). The lowest BCUT2D eigenvalue weighted by Gasteiger charge is -2.05. The van der Waals surface area contributed by atoms with Gasteiger partial charge in [-0.15, -0.1) is 5.10 Å². The molecule has 0 fully saturated rings. The third-order valence-corrected chi connectivity index (χ3v) is 2.55. The van der Waals surface area contributed by atoms with Crippen LogP contribution >= 0.6 is 0 Å². The topological polar surface area (TPSA) is 42.7 Å². The van der Waals surface area contributed by atoms with Crippen molar-refractivity contribution in [2.24, 2.45) is 0 Å². The highest BCUT2D eigenvalue weighted by Gasteiger charge is 2.01. The van der Waals surface area contributed by atoms with Crippen LogP contribution in [0.15, 0.2) is 48.5 Å². The zero-order chi connectivity index (χ0) is 11.5. The number of nitrogens with zero attached hydrogens (tertiary/aromatic N) is 3. The Balaban J connectivity index is 1.82. The Morgan fingerprint density at radius 1 is 1.12 bits per heavy atom. The molecular formula is C13H11N4. The number of hydrogen-bond acceptors (Lipinski definition) is 3. The average molecular weight is 223 g/mol. The van der Waals surface area contributed by atoms with E-state index >= 15 is 0 Å². The normalized spacial score (nSPS) is 10.6. The summed E-state index contributed by atoms with van der Waals surface area (Å²) in [6, 6.07) is 18.8. The first-order valence-corrected chi connectivity index (χ1v) is 5.42. The fraction of sp³-hybridized carbons (Fsp3) is 0.0769. The number of aromatic nitrogens is 3. The highest BCUT2D eigenvalue weighted by Crippen LogP contribution is 2.10. The maximum absolute atomic E-state index is 4.10. The molecule has 1 radical (unpaired) electrons. The summed E-state index contributed by atoms with van der Waals surface area (Å²) in [4.78, 5) is 0. The van der Waals surface area contributed by atoms with E-state index in [9.17, 15) is 0 Å². The predicted octanol–water partition coefficient (Wildman–Crippen LogP) is 2.30. The molecule has 83 valence electrons. The monoisotopic (exact) mass is 223 g/mol. The summed E-state index contributed by atoms with van der Waals surface area (Å²) in [7, 11) is 0. The fourth-order valence-corrected chi connectivity index (χ4v) is 1.70. The fourth-order valence-electron chi connectivity index (χ4n) is 1.70. The number of benzene rings is 2. The summed E-state index contributed by atoms with van der Waals surface area (Å²) in [5.41, 5.74) is 2.88. The summed E-state index contributed by atoms with van der Waals surface area (Å²) >= 11 is 0. The van der Waals surface area contributed by atoms with Crippen molar-refractivity contribution < 1.29 is 0 Å². The molecule has 0 atom stereocenters. The Kier molecular flexibility index (Phi) is 2.46. The van der Waals surface area contributed by atoms with Crippen LogP contribution in [0.4, 0.5) is 5.69 Å². The summed E-state index contributed by atoms with van der Waals surface area (Å²) < 4.78 is 1.83. The first-order valence-electron chi connectivity index (χ1n) is 5.42. The predicted molar refractivity (Wildman–Crippen MR) is 66.4 cm³/mol. The van der Waals surface area contributed by atoms with Crippen molar-refractivity contribution in [2.75, 3.05) is 5.32 Å². The smallest absolute Gasteiger partial charge is 0.113 e. The molecule has 2 aromatic carbocycles. The molecule has 0 saturated carbocycles. The zero-order valence-corrected chi connectivity index (χ0v) is 9.17. The Bertz CT molecular complexity index is 615. The van der Waals surface area contributed by atoms with Crippen molar-refractivity contribution in [1.82, 2.24) is 15.0 Å². The number of nitrogens with one attached hydrogen (secondary N) is 1. The van der Waals surface area contributed by atoms with Gasteiger partial charge in [0.05, 0.1) is 5.52 Å². The molecule has 0 aliphatic carbocycles. The second-order valence-electron chi connectivity index (χ2n) is 3.69. The largest absolute Gasteiger partial charge is 0.366 e. The van der Waals surface area contributed by atoms with Crippen LogP contribution in [0.5, 0.6) is 0 Å². The molecule has 1 aromatic heterocycles. The van der Waals surface area contributed by atoms with Gasteiger partial charge >= 0.3 is 0 Å². The van der Waals surface area contributed by atoms with Crippen molar-refractivity contribution in [3.05, 3.63) is 54.6 Å². The Morgan fingerprint density at radius 2 is 2.00 bits per heavy atom. The van der Waals surface area contributed by atoms with Crippen molar-refractivity contribution in [3.8, 4) is 0 Å². The molecule has 4 nitrogen and oxygen atoms in total. The summed E-state index contributed by atoms with van der Waals surface area (Å²) in [6.45, 7) is 0.584. The van der Waals surface area contributed by atoms with E-state index in [0.29, 0.717) is 6.67 Å². The lowest BCUT2D eigenvalue weighted by atomic mass is 10.3. The van der Waals surface area contributed by atoms with Gasteiger partial charge in [-0.05, 0) is 18.2 Å². The maximum atomic E-state index is 4.10. The van der Waals surface area contributed by atoms with Crippen molar-refractivity contribution >= 4 is 16.7 Å². The first kappa shape index (κ1) is 9.84. The van der Waals surface area contributed by atoms with Crippen LogP contribution in [0.3, 0.4) is 0 Å². The van der Waals surface area contributed by atoms with Gasteiger partial charge < -0.3 is 5.32 Å². The Labute approximate surface area is 98.9 Å². The molecule has 0 spiro atoms. The van der Waals surface area contributed by atoms with Gasteiger partial charge in [-0.3, -0.25) is 0 Å². The number of fused-ring (bicyclic) bond motifs is 1. The second-order valence-corrected chi connectivity index (χ2v) is 3.69. The minimum Gasteiger partial charge on any atom is -0.366 e. The van der Waals surface area contributed by atoms with Gasteiger partial charge in [0.15, 0.2) is 0 Å². The highest BCUT2D eigenvalue weighted by atomic mass is 15.4. The van der Waals surface area contributed by atoms with E-state index < -0.39 is 0 Å². The van der Waals surface area contributed by atoms with Crippen LogP contribution < -0.4 is 5.32 Å². The molecular weight excluding hydrogens is 212 g/mol. The second kappa shape index (κ2) is 4.25. The van der Waals surface area contributed by atoms with Crippen LogP contribution in [0.1, 0.15) is 0 Å². The lowest BCUT2D eigenvalue weighted by molar-refractivity contribution is 0.655. The minimum atomic E-state index is 0.584. The van der Waals surface area contributed by atoms with Gasteiger partial charge in [-0.25, -0.2) is 4.68 Å². The molecule has 0 aliphatic rings. The lowest BCUT2D eigenvalue weighted by Crippen LogP contribution is -2.09. The van der Waals surface area contributed by atoms with E-state index in [1.54, 1.807) is 0 Å². The molecule has 0 aliphatic heterocycles. The molecule has 0 unspecified atom stereocenters.